The third-order valence-corrected chi connectivity index (χ3v) is 2.94. The van der Waals surface area contributed by atoms with E-state index < -0.39 is 0 Å². The van der Waals surface area contributed by atoms with Crippen LogP contribution < -0.4 is 5.32 Å². The van der Waals surface area contributed by atoms with Gasteiger partial charge in [-0.2, -0.15) is 0 Å². The highest BCUT2D eigenvalue weighted by atomic mass is 16.2. The third kappa shape index (κ3) is 5.21. The van der Waals surface area contributed by atoms with Gasteiger partial charge in [0.15, 0.2) is 0 Å². The molecule has 0 unspecified atom stereocenters. The fraction of sp³-hybridized carbons (Fsp3) is 0.533. The van der Waals surface area contributed by atoms with Gasteiger partial charge < -0.3 is 10.2 Å². The number of nitrogens with zero attached hydrogens (tertiary/aromatic N) is 1. The van der Waals surface area contributed by atoms with Gasteiger partial charge in [0.05, 0.1) is 0 Å². The fourth-order valence-electron chi connectivity index (χ4n) is 1.71. The number of carbonyl (C=O) groups is 1. The number of nitrogens with one attached hydrogen (secondary N) is 1. The molecule has 0 aliphatic heterocycles. The van der Waals surface area contributed by atoms with Crippen molar-refractivity contribution in [1.82, 2.24) is 4.90 Å². The molecule has 0 aromatic heterocycles. The second-order valence-electron chi connectivity index (χ2n) is 4.77. The van der Waals surface area contributed by atoms with Crippen molar-refractivity contribution in [2.75, 3.05) is 26.0 Å². The number of aryl methyl sites for hydroxylation is 1. The molecule has 3 nitrogen and oxygen atoms in total. The maximum Gasteiger partial charge on any atom is 0.223 e. The molecule has 0 spiro atoms. The zero-order valence-corrected chi connectivity index (χ0v) is 11.7. The Hall–Kier alpha value is -1.51. The summed E-state index contributed by atoms with van der Waals surface area (Å²) in [5, 5.41) is 3.27. The molecule has 0 bridgehead atoms. The smallest absolute Gasteiger partial charge is 0.223 e. The van der Waals surface area contributed by atoms with Gasteiger partial charge in [0, 0.05) is 32.7 Å². The van der Waals surface area contributed by atoms with Crippen molar-refractivity contribution in [3.05, 3.63) is 29.8 Å². The summed E-state index contributed by atoms with van der Waals surface area (Å²) in [4.78, 5) is 13.0. The molecule has 1 amide bonds. The van der Waals surface area contributed by atoms with Crippen LogP contribution >= 0.6 is 0 Å². The van der Waals surface area contributed by atoms with Gasteiger partial charge in [-0.1, -0.05) is 25.5 Å². The molecule has 100 valence electrons. The standard InChI is InChI=1S/C15H24N2O/c1-4-5-6-13-7-9-14(10-8-13)16-12-11-15(18)17(2)3/h7-10,16H,4-6,11-12H2,1-3H3. The molecule has 0 saturated heterocycles. The van der Waals surface area contributed by atoms with Crippen LogP contribution in [-0.4, -0.2) is 31.4 Å². The van der Waals surface area contributed by atoms with Crippen molar-refractivity contribution in [2.45, 2.75) is 32.6 Å². The van der Waals surface area contributed by atoms with Crippen LogP contribution in [0.25, 0.3) is 0 Å². The van der Waals surface area contributed by atoms with Crippen molar-refractivity contribution in [2.24, 2.45) is 0 Å². The molecule has 1 N–H and O–H groups in total. The average molecular weight is 248 g/mol. The number of amides is 1. The summed E-state index contributed by atoms with van der Waals surface area (Å²) in [5.74, 6) is 0.155. The highest BCUT2D eigenvalue weighted by Crippen LogP contribution is 2.11. The maximum atomic E-state index is 11.4. The Morgan fingerprint density at radius 2 is 1.89 bits per heavy atom. The van der Waals surface area contributed by atoms with Gasteiger partial charge in [-0.05, 0) is 30.5 Å². The Bertz CT molecular complexity index is 357. The molecule has 1 aromatic carbocycles. The molecule has 0 aliphatic rings. The van der Waals surface area contributed by atoms with E-state index >= 15 is 0 Å². The zero-order valence-electron chi connectivity index (χ0n) is 11.7. The van der Waals surface area contributed by atoms with Gasteiger partial charge in [0.1, 0.15) is 0 Å². The number of hydrogen-bond donors (Lipinski definition) is 1. The van der Waals surface area contributed by atoms with Crippen LogP contribution in [0.4, 0.5) is 5.69 Å². The quantitative estimate of drug-likeness (QED) is 0.804. The molecular formula is C15H24N2O. The van der Waals surface area contributed by atoms with Crippen molar-refractivity contribution in [1.29, 1.82) is 0 Å². The Kier molecular flexibility index (Phi) is 6.26. The summed E-state index contributed by atoms with van der Waals surface area (Å²) in [5.41, 5.74) is 2.47. The third-order valence-electron chi connectivity index (χ3n) is 2.94. The summed E-state index contributed by atoms with van der Waals surface area (Å²) in [6.45, 7) is 2.89. The van der Waals surface area contributed by atoms with E-state index in [-0.39, 0.29) is 5.91 Å². The number of rotatable bonds is 7. The van der Waals surface area contributed by atoms with E-state index in [0.717, 1.165) is 12.1 Å². The van der Waals surface area contributed by atoms with Gasteiger partial charge >= 0.3 is 0 Å². The van der Waals surface area contributed by atoms with Gasteiger partial charge in [-0.15, -0.1) is 0 Å². The lowest BCUT2D eigenvalue weighted by Gasteiger charge is -2.11. The van der Waals surface area contributed by atoms with E-state index in [9.17, 15) is 4.79 Å². The number of anilines is 1. The Morgan fingerprint density at radius 3 is 2.44 bits per heavy atom. The first-order valence-electron chi connectivity index (χ1n) is 6.66. The topological polar surface area (TPSA) is 32.3 Å². The molecule has 0 fully saturated rings. The van der Waals surface area contributed by atoms with Crippen LogP contribution in [0.1, 0.15) is 31.7 Å². The van der Waals surface area contributed by atoms with Crippen LogP contribution in [0.3, 0.4) is 0 Å². The first-order chi connectivity index (χ1) is 8.63. The monoisotopic (exact) mass is 248 g/mol. The number of hydrogen-bond acceptors (Lipinski definition) is 2. The highest BCUT2D eigenvalue weighted by molar-refractivity contribution is 5.76. The molecular weight excluding hydrogens is 224 g/mol. The second-order valence-corrected chi connectivity index (χ2v) is 4.77. The van der Waals surface area contributed by atoms with Gasteiger partial charge in [-0.3, -0.25) is 4.79 Å². The van der Waals surface area contributed by atoms with E-state index in [0.29, 0.717) is 13.0 Å². The van der Waals surface area contributed by atoms with E-state index in [1.807, 2.05) is 0 Å². The van der Waals surface area contributed by atoms with Crippen LogP contribution in [0.5, 0.6) is 0 Å². The molecule has 1 rings (SSSR count). The summed E-state index contributed by atoms with van der Waals surface area (Å²) in [7, 11) is 3.57. The minimum atomic E-state index is 0.155. The zero-order chi connectivity index (χ0) is 13.4. The van der Waals surface area contributed by atoms with Crippen LogP contribution in [0.15, 0.2) is 24.3 Å². The minimum absolute atomic E-state index is 0.155. The van der Waals surface area contributed by atoms with E-state index in [1.54, 1.807) is 19.0 Å². The van der Waals surface area contributed by atoms with Gasteiger partial charge in [0.25, 0.3) is 0 Å². The first kappa shape index (κ1) is 14.6. The van der Waals surface area contributed by atoms with Gasteiger partial charge in [0.2, 0.25) is 5.91 Å². The first-order valence-corrected chi connectivity index (χ1v) is 6.66. The Labute approximate surface area is 110 Å². The lowest BCUT2D eigenvalue weighted by atomic mass is 10.1. The molecule has 0 atom stereocenters. The van der Waals surface area contributed by atoms with Crippen LogP contribution in [-0.2, 0) is 11.2 Å². The average Bonchev–Trinajstić information content (AvgIpc) is 2.37. The summed E-state index contributed by atoms with van der Waals surface area (Å²) < 4.78 is 0. The molecule has 0 radical (unpaired) electrons. The van der Waals surface area contributed by atoms with Crippen LogP contribution in [0, 0.1) is 0 Å². The van der Waals surface area contributed by atoms with Crippen LogP contribution in [0.2, 0.25) is 0 Å². The molecule has 0 saturated carbocycles. The summed E-state index contributed by atoms with van der Waals surface area (Å²) >= 11 is 0. The lowest BCUT2D eigenvalue weighted by Crippen LogP contribution is -2.23. The second kappa shape index (κ2) is 7.75. The normalized spacial score (nSPS) is 10.2. The molecule has 3 heteroatoms. The molecule has 0 heterocycles. The highest BCUT2D eigenvalue weighted by Gasteiger charge is 2.02. The maximum absolute atomic E-state index is 11.4. The number of benzene rings is 1. The minimum Gasteiger partial charge on any atom is -0.385 e. The molecule has 1 aromatic rings. The van der Waals surface area contributed by atoms with Crippen molar-refractivity contribution < 1.29 is 4.79 Å². The summed E-state index contributed by atoms with van der Waals surface area (Å²) in [6.07, 6.45) is 4.15. The van der Waals surface area contributed by atoms with Crippen molar-refractivity contribution in [3.8, 4) is 0 Å². The Morgan fingerprint density at radius 1 is 1.22 bits per heavy atom. The SMILES string of the molecule is CCCCc1ccc(NCCC(=O)N(C)C)cc1. The van der Waals surface area contributed by atoms with Crippen molar-refractivity contribution in [3.63, 3.8) is 0 Å². The number of carbonyl (C=O) groups excluding carboxylic acids is 1. The predicted octanol–water partition coefficient (Wildman–Crippen LogP) is 2.92. The van der Waals surface area contributed by atoms with E-state index in [2.05, 4.69) is 36.5 Å². The number of unbranched alkanes of at least 4 members (excludes halogenated alkanes) is 1. The molecule has 18 heavy (non-hydrogen) atoms. The fourth-order valence-corrected chi connectivity index (χ4v) is 1.71. The van der Waals surface area contributed by atoms with E-state index in [4.69, 9.17) is 0 Å². The molecule has 0 aliphatic carbocycles. The van der Waals surface area contributed by atoms with Crippen molar-refractivity contribution >= 4 is 11.6 Å². The predicted molar refractivity (Wildman–Crippen MR) is 76.9 cm³/mol. The largest absolute Gasteiger partial charge is 0.385 e. The summed E-state index contributed by atoms with van der Waals surface area (Å²) in [6, 6.07) is 8.49. The van der Waals surface area contributed by atoms with E-state index in [1.165, 1.54) is 18.4 Å². The Balaban J connectivity index is 2.33. The van der Waals surface area contributed by atoms with Gasteiger partial charge in [-0.25, -0.2) is 0 Å². The lowest BCUT2D eigenvalue weighted by molar-refractivity contribution is -0.128.